The number of imidazole rings is 1. The summed E-state index contributed by atoms with van der Waals surface area (Å²) < 4.78 is 0.805. The summed E-state index contributed by atoms with van der Waals surface area (Å²) in [5.41, 5.74) is 1.17. The first kappa shape index (κ1) is 14.1. The minimum Gasteiger partial charge on any atom is -0.345 e. The zero-order valence-corrected chi connectivity index (χ0v) is 13.0. The van der Waals surface area contributed by atoms with Gasteiger partial charge in [0.05, 0.1) is 23.5 Å². The number of hydrogen-bond acceptors (Lipinski definition) is 3. The minimum atomic E-state index is -0.736. The first-order valence-electron chi connectivity index (χ1n) is 7.00. The predicted octanol–water partition coefficient (Wildman–Crippen LogP) is 3.28. The molecule has 1 saturated carbocycles. The Morgan fingerprint density at radius 1 is 1.38 bits per heavy atom. The number of carbonyl (C=O) groups excluding carboxylic acids is 1. The summed E-state index contributed by atoms with van der Waals surface area (Å²) in [6, 6.07) is 5.92. The number of fused-ring (bicyclic) bond motifs is 1. The molecule has 1 amide bonds. The van der Waals surface area contributed by atoms with Crippen molar-refractivity contribution >= 4 is 32.9 Å². The standard InChI is InChI=1S/C15H15BrN4O/c16-10-6-11(13-12(7-10)18-9-19-13)14(21)20-15(8-17)4-2-1-3-5-15/h6-7,9H,1-5H2,(H,18,19)(H,20,21). The SMILES string of the molecule is N#CC1(NC(=O)c2cc(Br)cc3[nH]cnc23)CCCCC1. The number of hydrogen-bond donors (Lipinski definition) is 2. The van der Waals surface area contributed by atoms with E-state index < -0.39 is 5.54 Å². The number of nitrogens with zero attached hydrogens (tertiary/aromatic N) is 2. The normalized spacial score (nSPS) is 17.3. The van der Waals surface area contributed by atoms with Crippen LogP contribution in [0, 0.1) is 11.3 Å². The van der Waals surface area contributed by atoms with Gasteiger partial charge in [-0.3, -0.25) is 4.79 Å². The molecule has 108 valence electrons. The maximum Gasteiger partial charge on any atom is 0.254 e. The van der Waals surface area contributed by atoms with Crippen LogP contribution < -0.4 is 5.32 Å². The lowest BCUT2D eigenvalue weighted by atomic mass is 9.82. The minimum absolute atomic E-state index is 0.239. The van der Waals surface area contributed by atoms with E-state index in [1.165, 1.54) is 0 Å². The van der Waals surface area contributed by atoms with Gasteiger partial charge in [-0.15, -0.1) is 0 Å². The van der Waals surface area contributed by atoms with Crippen LogP contribution in [0.1, 0.15) is 42.5 Å². The van der Waals surface area contributed by atoms with Crippen molar-refractivity contribution in [3.8, 4) is 6.07 Å². The van der Waals surface area contributed by atoms with Crippen LogP contribution >= 0.6 is 15.9 Å². The Bertz CT molecular complexity index is 725. The number of aromatic nitrogens is 2. The quantitative estimate of drug-likeness (QED) is 0.875. The highest BCUT2D eigenvalue weighted by Gasteiger charge is 2.34. The molecule has 0 unspecified atom stereocenters. The molecule has 1 aromatic carbocycles. The number of nitrogens with one attached hydrogen (secondary N) is 2. The fourth-order valence-electron chi connectivity index (χ4n) is 2.89. The third-order valence-electron chi connectivity index (χ3n) is 4.01. The number of H-pyrrole nitrogens is 1. The Hall–Kier alpha value is -1.87. The van der Waals surface area contributed by atoms with E-state index in [0.29, 0.717) is 23.9 Å². The summed E-state index contributed by atoms with van der Waals surface area (Å²) >= 11 is 3.40. The van der Waals surface area contributed by atoms with Crippen molar-refractivity contribution < 1.29 is 4.79 Å². The maximum atomic E-state index is 12.6. The fraction of sp³-hybridized carbons (Fsp3) is 0.400. The van der Waals surface area contributed by atoms with Gasteiger partial charge in [-0.05, 0) is 25.0 Å². The fourth-order valence-corrected chi connectivity index (χ4v) is 3.35. The molecule has 1 aliphatic carbocycles. The molecular formula is C15H15BrN4O. The summed E-state index contributed by atoms with van der Waals surface area (Å²) in [5.74, 6) is -0.239. The van der Waals surface area contributed by atoms with Crippen molar-refractivity contribution in [3.05, 3.63) is 28.5 Å². The van der Waals surface area contributed by atoms with Gasteiger partial charge in [0.25, 0.3) is 5.91 Å². The molecule has 0 atom stereocenters. The molecule has 0 radical (unpaired) electrons. The predicted molar refractivity (Wildman–Crippen MR) is 82.7 cm³/mol. The van der Waals surface area contributed by atoms with Crippen LogP contribution in [0.25, 0.3) is 11.0 Å². The number of amides is 1. The van der Waals surface area contributed by atoms with Gasteiger partial charge in [-0.25, -0.2) is 4.98 Å². The van der Waals surface area contributed by atoms with Gasteiger partial charge in [0.15, 0.2) is 0 Å². The lowest BCUT2D eigenvalue weighted by molar-refractivity contribution is 0.0904. The Balaban J connectivity index is 1.94. The van der Waals surface area contributed by atoms with Gasteiger partial charge in [0.2, 0.25) is 0 Å². The molecule has 1 aromatic heterocycles. The largest absolute Gasteiger partial charge is 0.345 e. The second-order valence-corrected chi connectivity index (χ2v) is 6.38. The molecule has 21 heavy (non-hydrogen) atoms. The second-order valence-electron chi connectivity index (χ2n) is 5.46. The van der Waals surface area contributed by atoms with Crippen molar-refractivity contribution in [1.29, 1.82) is 5.26 Å². The molecule has 2 N–H and O–H groups in total. The first-order valence-corrected chi connectivity index (χ1v) is 7.79. The summed E-state index contributed by atoms with van der Waals surface area (Å²) in [6.45, 7) is 0. The third-order valence-corrected chi connectivity index (χ3v) is 4.46. The van der Waals surface area contributed by atoms with Crippen LogP contribution in [-0.4, -0.2) is 21.4 Å². The van der Waals surface area contributed by atoms with E-state index in [9.17, 15) is 10.1 Å². The van der Waals surface area contributed by atoms with Crippen molar-refractivity contribution in [2.24, 2.45) is 0 Å². The van der Waals surface area contributed by atoms with E-state index in [4.69, 9.17) is 0 Å². The van der Waals surface area contributed by atoms with Gasteiger partial charge in [0, 0.05) is 4.47 Å². The third kappa shape index (κ3) is 2.66. The molecular weight excluding hydrogens is 332 g/mol. The van der Waals surface area contributed by atoms with Crippen LogP contribution in [0.2, 0.25) is 0 Å². The summed E-state index contributed by atoms with van der Waals surface area (Å²) in [4.78, 5) is 19.8. The van der Waals surface area contributed by atoms with Crippen molar-refractivity contribution in [3.63, 3.8) is 0 Å². The highest BCUT2D eigenvalue weighted by Crippen LogP contribution is 2.29. The molecule has 1 fully saturated rings. The maximum absolute atomic E-state index is 12.6. The van der Waals surface area contributed by atoms with Gasteiger partial charge in [-0.1, -0.05) is 35.2 Å². The molecule has 0 bridgehead atoms. The second kappa shape index (κ2) is 5.49. The first-order chi connectivity index (χ1) is 10.1. The van der Waals surface area contributed by atoms with E-state index in [2.05, 4.69) is 37.3 Å². The Morgan fingerprint density at radius 3 is 2.86 bits per heavy atom. The van der Waals surface area contributed by atoms with Crippen molar-refractivity contribution in [2.75, 3.05) is 0 Å². The van der Waals surface area contributed by atoms with Crippen molar-refractivity contribution in [1.82, 2.24) is 15.3 Å². The molecule has 5 nitrogen and oxygen atoms in total. The zero-order valence-electron chi connectivity index (χ0n) is 11.4. The smallest absolute Gasteiger partial charge is 0.254 e. The number of carbonyl (C=O) groups is 1. The monoisotopic (exact) mass is 346 g/mol. The van der Waals surface area contributed by atoms with Crippen LogP contribution in [0.5, 0.6) is 0 Å². The summed E-state index contributed by atoms with van der Waals surface area (Å²) in [5, 5.41) is 12.4. The van der Waals surface area contributed by atoms with E-state index in [0.717, 1.165) is 29.3 Å². The molecule has 3 rings (SSSR count). The lowest BCUT2D eigenvalue weighted by Gasteiger charge is -2.31. The Labute approximate surface area is 130 Å². The van der Waals surface area contributed by atoms with Crippen molar-refractivity contribution in [2.45, 2.75) is 37.6 Å². The van der Waals surface area contributed by atoms with E-state index >= 15 is 0 Å². The van der Waals surface area contributed by atoms with Crippen LogP contribution in [0.4, 0.5) is 0 Å². The summed E-state index contributed by atoms with van der Waals surface area (Å²) in [7, 11) is 0. The average molecular weight is 347 g/mol. The van der Waals surface area contributed by atoms with Crippen LogP contribution in [0.15, 0.2) is 22.9 Å². The number of benzene rings is 1. The average Bonchev–Trinajstić information content (AvgIpc) is 2.95. The zero-order chi connectivity index (χ0) is 14.9. The van der Waals surface area contributed by atoms with E-state index in [1.54, 1.807) is 12.4 Å². The lowest BCUT2D eigenvalue weighted by Crippen LogP contribution is -2.48. The molecule has 6 heteroatoms. The molecule has 0 saturated heterocycles. The molecule has 1 aliphatic rings. The molecule has 0 spiro atoms. The number of aromatic amines is 1. The van der Waals surface area contributed by atoms with Crippen LogP contribution in [-0.2, 0) is 0 Å². The molecule has 1 heterocycles. The van der Waals surface area contributed by atoms with Gasteiger partial charge in [-0.2, -0.15) is 5.26 Å². The number of rotatable bonds is 2. The molecule has 2 aromatic rings. The van der Waals surface area contributed by atoms with E-state index in [-0.39, 0.29) is 5.91 Å². The topological polar surface area (TPSA) is 81.6 Å². The van der Waals surface area contributed by atoms with Gasteiger partial charge >= 0.3 is 0 Å². The Morgan fingerprint density at radius 2 is 2.14 bits per heavy atom. The highest BCUT2D eigenvalue weighted by atomic mass is 79.9. The molecule has 0 aliphatic heterocycles. The summed E-state index contributed by atoms with van der Waals surface area (Å²) in [6.07, 6.45) is 6.07. The number of halogens is 1. The number of nitriles is 1. The van der Waals surface area contributed by atoms with E-state index in [1.807, 2.05) is 6.07 Å². The highest BCUT2D eigenvalue weighted by molar-refractivity contribution is 9.10. The van der Waals surface area contributed by atoms with Crippen LogP contribution in [0.3, 0.4) is 0 Å². The van der Waals surface area contributed by atoms with Gasteiger partial charge in [0.1, 0.15) is 11.1 Å². The Kier molecular flexibility index (Phi) is 3.68. The van der Waals surface area contributed by atoms with Gasteiger partial charge < -0.3 is 10.3 Å².